The second kappa shape index (κ2) is 5.16. The molecular weight excluding hydrogens is 266 g/mol. The van der Waals surface area contributed by atoms with E-state index in [1.165, 1.54) is 11.3 Å². The SMILES string of the molecule is CC(C)(C(=O)O)c1csc(NCC(=O)NC2CC2)n1. The molecule has 0 spiro atoms. The summed E-state index contributed by atoms with van der Waals surface area (Å²) in [4.78, 5) is 26.8. The van der Waals surface area contributed by atoms with Gasteiger partial charge >= 0.3 is 5.97 Å². The first-order valence-corrected chi connectivity index (χ1v) is 7.00. The van der Waals surface area contributed by atoms with Crippen molar-refractivity contribution in [3.63, 3.8) is 0 Å². The van der Waals surface area contributed by atoms with Crippen LogP contribution in [-0.4, -0.2) is 34.6 Å². The summed E-state index contributed by atoms with van der Waals surface area (Å²) in [5, 5.41) is 17.1. The van der Waals surface area contributed by atoms with Gasteiger partial charge in [0.2, 0.25) is 5.91 Å². The molecule has 1 saturated carbocycles. The van der Waals surface area contributed by atoms with Gasteiger partial charge in [-0.1, -0.05) is 0 Å². The van der Waals surface area contributed by atoms with Crippen molar-refractivity contribution in [1.29, 1.82) is 0 Å². The molecule has 0 aliphatic heterocycles. The van der Waals surface area contributed by atoms with Gasteiger partial charge in [-0.15, -0.1) is 11.3 Å². The number of rotatable bonds is 6. The number of nitrogens with one attached hydrogen (secondary N) is 2. The summed E-state index contributed by atoms with van der Waals surface area (Å²) in [6.45, 7) is 3.37. The van der Waals surface area contributed by atoms with Gasteiger partial charge in [0.1, 0.15) is 5.41 Å². The van der Waals surface area contributed by atoms with E-state index in [0.717, 1.165) is 12.8 Å². The Kier molecular flexibility index (Phi) is 3.75. The topological polar surface area (TPSA) is 91.3 Å². The molecule has 1 amide bonds. The second-order valence-corrected chi connectivity index (χ2v) is 6.02. The van der Waals surface area contributed by atoms with E-state index >= 15 is 0 Å². The molecule has 0 atom stereocenters. The lowest BCUT2D eigenvalue weighted by Crippen LogP contribution is -2.31. The van der Waals surface area contributed by atoms with Crippen molar-refractivity contribution >= 4 is 28.3 Å². The number of carboxylic acids is 1. The van der Waals surface area contributed by atoms with Gasteiger partial charge < -0.3 is 15.7 Å². The molecule has 104 valence electrons. The number of thiazole rings is 1. The van der Waals surface area contributed by atoms with Crippen molar-refractivity contribution in [2.24, 2.45) is 0 Å². The molecule has 0 saturated heterocycles. The molecule has 7 heteroatoms. The van der Waals surface area contributed by atoms with E-state index in [9.17, 15) is 9.59 Å². The van der Waals surface area contributed by atoms with E-state index in [-0.39, 0.29) is 12.5 Å². The highest BCUT2D eigenvalue weighted by atomic mass is 32.1. The number of anilines is 1. The van der Waals surface area contributed by atoms with E-state index in [1.54, 1.807) is 19.2 Å². The Morgan fingerprint density at radius 3 is 2.79 bits per heavy atom. The van der Waals surface area contributed by atoms with Crippen LogP contribution in [-0.2, 0) is 15.0 Å². The van der Waals surface area contributed by atoms with Crippen LogP contribution in [0.2, 0.25) is 0 Å². The van der Waals surface area contributed by atoms with Crippen molar-refractivity contribution < 1.29 is 14.7 Å². The fourth-order valence-corrected chi connectivity index (χ4v) is 2.29. The van der Waals surface area contributed by atoms with Crippen LogP contribution in [0.3, 0.4) is 0 Å². The van der Waals surface area contributed by atoms with Crippen molar-refractivity contribution in [3.8, 4) is 0 Å². The van der Waals surface area contributed by atoms with Crippen molar-refractivity contribution in [3.05, 3.63) is 11.1 Å². The van der Waals surface area contributed by atoms with Crippen LogP contribution in [0.4, 0.5) is 5.13 Å². The molecule has 3 N–H and O–H groups in total. The third-order valence-corrected chi connectivity index (χ3v) is 3.82. The Labute approximate surface area is 115 Å². The average Bonchev–Trinajstić information content (AvgIpc) is 3.01. The molecule has 19 heavy (non-hydrogen) atoms. The minimum Gasteiger partial charge on any atom is -0.481 e. The zero-order chi connectivity index (χ0) is 14.0. The van der Waals surface area contributed by atoms with E-state index in [1.807, 2.05) is 0 Å². The number of aromatic nitrogens is 1. The van der Waals surface area contributed by atoms with Gasteiger partial charge in [0.05, 0.1) is 12.2 Å². The van der Waals surface area contributed by atoms with Crippen LogP contribution >= 0.6 is 11.3 Å². The van der Waals surface area contributed by atoms with E-state index < -0.39 is 11.4 Å². The predicted octanol–water partition coefficient (Wildman–Crippen LogP) is 1.20. The third kappa shape index (κ3) is 3.44. The molecule has 1 aromatic heterocycles. The Bertz CT molecular complexity index is 494. The number of amides is 1. The maximum atomic E-state index is 11.5. The van der Waals surface area contributed by atoms with Gasteiger partial charge in [-0.2, -0.15) is 0 Å². The van der Waals surface area contributed by atoms with Gasteiger partial charge in [-0.05, 0) is 26.7 Å². The first-order valence-electron chi connectivity index (χ1n) is 6.12. The van der Waals surface area contributed by atoms with Gasteiger partial charge in [-0.3, -0.25) is 9.59 Å². The van der Waals surface area contributed by atoms with Crippen LogP contribution in [0.15, 0.2) is 5.38 Å². The van der Waals surface area contributed by atoms with Gasteiger partial charge in [0.15, 0.2) is 5.13 Å². The first-order chi connectivity index (χ1) is 8.89. The zero-order valence-electron chi connectivity index (χ0n) is 10.9. The lowest BCUT2D eigenvalue weighted by molar-refractivity contribution is -0.142. The van der Waals surface area contributed by atoms with Gasteiger partial charge in [0.25, 0.3) is 0 Å². The second-order valence-electron chi connectivity index (χ2n) is 5.16. The maximum absolute atomic E-state index is 11.5. The molecule has 0 bridgehead atoms. The van der Waals surface area contributed by atoms with E-state index in [4.69, 9.17) is 5.11 Å². The van der Waals surface area contributed by atoms with Crippen molar-refractivity contribution in [2.45, 2.75) is 38.1 Å². The number of hydrogen-bond acceptors (Lipinski definition) is 5. The van der Waals surface area contributed by atoms with Crippen LogP contribution in [0, 0.1) is 0 Å². The fourth-order valence-electron chi connectivity index (χ4n) is 1.41. The summed E-state index contributed by atoms with van der Waals surface area (Å²) in [5.41, 5.74) is -0.526. The minimum absolute atomic E-state index is 0.0586. The number of nitrogens with zero attached hydrogens (tertiary/aromatic N) is 1. The summed E-state index contributed by atoms with van der Waals surface area (Å²) in [6, 6.07) is 0.340. The zero-order valence-corrected chi connectivity index (χ0v) is 11.7. The molecule has 2 rings (SSSR count). The van der Waals surface area contributed by atoms with Crippen LogP contribution in [0.5, 0.6) is 0 Å². The smallest absolute Gasteiger partial charge is 0.315 e. The number of aliphatic carboxylic acids is 1. The summed E-state index contributed by atoms with van der Waals surface area (Å²) < 4.78 is 0. The number of carbonyl (C=O) groups is 2. The highest BCUT2D eigenvalue weighted by Crippen LogP contribution is 2.27. The Hall–Kier alpha value is -1.63. The predicted molar refractivity (Wildman–Crippen MR) is 72.4 cm³/mol. The van der Waals surface area contributed by atoms with E-state index in [0.29, 0.717) is 16.9 Å². The normalized spacial score (nSPS) is 15.1. The molecule has 1 heterocycles. The Balaban J connectivity index is 1.89. The van der Waals surface area contributed by atoms with Crippen molar-refractivity contribution in [2.75, 3.05) is 11.9 Å². The summed E-state index contributed by atoms with van der Waals surface area (Å²) >= 11 is 1.30. The first kappa shape index (κ1) is 13.8. The molecular formula is C12H17N3O3S. The quantitative estimate of drug-likeness (QED) is 0.729. The fraction of sp³-hybridized carbons (Fsp3) is 0.583. The highest BCUT2D eigenvalue weighted by Gasteiger charge is 2.32. The molecule has 1 fully saturated rings. The number of hydrogen-bond donors (Lipinski definition) is 3. The van der Waals surface area contributed by atoms with Crippen LogP contribution < -0.4 is 10.6 Å². The van der Waals surface area contributed by atoms with Crippen molar-refractivity contribution in [1.82, 2.24) is 10.3 Å². The molecule has 0 unspecified atom stereocenters. The Morgan fingerprint density at radius 1 is 1.53 bits per heavy atom. The van der Waals surface area contributed by atoms with Gasteiger partial charge in [-0.25, -0.2) is 4.98 Å². The van der Waals surface area contributed by atoms with E-state index in [2.05, 4.69) is 15.6 Å². The molecule has 1 aliphatic carbocycles. The molecule has 0 radical (unpaired) electrons. The summed E-state index contributed by atoms with van der Waals surface area (Å²) in [6.07, 6.45) is 2.11. The lowest BCUT2D eigenvalue weighted by Gasteiger charge is -2.15. The van der Waals surface area contributed by atoms with Gasteiger partial charge in [0, 0.05) is 11.4 Å². The third-order valence-electron chi connectivity index (χ3n) is 3.02. The number of carbonyl (C=O) groups excluding carboxylic acids is 1. The molecule has 1 aromatic rings. The Morgan fingerprint density at radius 2 is 2.21 bits per heavy atom. The molecule has 6 nitrogen and oxygen atoms in total. The summed E-state index contributed by atoms with van der Waals surface area (Å²) in [5.74, 6) is -0.979. The standard InChI is InChI=1S/C12H17N3O3S/c1-12(2,10(17)18)8-6-19-11(15-8)13-5-9(16)14-7-3-4-7/h6-7H,3-5H2,1-2H3,(H,13,15)(H,14,16)(H,17,18). The monoisotopic (exact) mass is 283 g/mol. The maximum Gasteiger partial charge on any atom is 0.315 e. The lowest BCUT2D eigenvalue weighted by atomic mass is 9.90. The molecule has 1 aliphatic rings. The average molecular weight is 283 g/mol. The largest absolute Gasteiger partial charge is 0.481 e. The number of carboxylic acid groups (broad SMARTS) is 1. The highest BCUT2D eigenvalue weighted by molar-refractivity contribution is 7.13. The summed E-state index contributed by atoms with van der Waals surface area (Å²) in [7, 11) is 0. The van der Waals surface area contributed by atoms with Crippen LogP contribution in [0.25, 0.3) is 0 Å². The molecule has 0 aromatic carbocycles. The van der Waals surface area contributed by atoms with Crippen LogP contribution in [0.1, 0.15) is 32.4 Å². The minimum atomic E-state index is -1.02.